The fraction of sp³-hybridized carbons (Fsp3) is 0.348. The summed E-state index contributed by atoms with van der Waals surface area (Å²) in [7, 11) is 0. The summed E-state index contributed by atoms with van der Waals surface area (Å²) in [6.07, 6.45) is -0.370. The van der Waals surface area contributed by atoms with Crippen molar-refractivity contribution in [2.75, 3.05) is 6.54 Å². The minimum Gasteiger partial charge on any atom is -0.443 e. The fourth-order valence-electron chi connectivity index (χ4n) is 3.38. The normalized spacial score (nSPS) is 13.0. The van der Waals surface area contributed by atoms with Gasteiger partial charge < -0.3 is 10.5 Å². The van der Waals surface area contributed by atoms with E-state index in [-0.39, 0.29) is 12.0 Å². The first-order chi connectivity index (χ1) is 12.7. The second-order valence-corrected chi connectivity index (χ2v) is 8.08. The maximum Gasteiger partial charge on any atom is 0.419 e. The molecule has 0 saturated carbocycles. The van der Waals surface area contributed by atoms with Crippen molar-refractivity contribution in [3.63, 3.8) is 0 Å². The molecule has 1 unspecified atom stereocenters. The van der Waals surface area contributed by atoms with Crippen LogP contribution < -0.4 is 5.73 Å². The topological polar surface area (TPSA) is 57.2 Å². The Morgan fingerprint density at radius 3 is 2.30 bits per heavy atom. The van der Waals surface area contributed by atoms with Crippen LogP contribution in [0, 0.1) is 13.8 Å². The molecule has 4 heteroatoms. The second-order valence-electron chi connectivity index (χ2n) is 8.08. The summed E-state index contributed by atoms with van der Waals surface area (Å²) in [5, 5.41) is 1.02. The first kappa shape index (κ1) is 19.2. The predicted molar refractivity (Wildman–Crippen MR) is 110 cm³/mol. The highest BCUT2D eigenvalue weighted by molar-refractivity contribution is 5.92. The van der Waals surface area contributed by atoms with Gasteiger partial charge in [-0.3, -0.25) is 0 Å². The Morgan fingerprint density at radius 2 is 1.70 bits per heavy atom. The van der Waals surface area contributed by atoms with E-state index in [1.54, 1.807) is 4.57 Å². The summed E-state index contributed by atoms with van der Waals surface area (Å²) in [5.41, 5.74) is 10.7. The molecule has 0 bridgehead atoms. The Labute approximate surface area is 160 Å². The van der Waals surface area contributed by atoms with Gasteiger partial charge in [0.05, 0.1) is 5.52 Å². The summed E-state index contributed by atoms with van der Waals surface area (Å²) in [6, 6.07) is 16.3. The summed E-state index contributed by atoms with van der Waals surface area (Å²) >= 11 is 0. The van der Waals surface area contributed by atoms with Crippen molar-refractivity contribution < 1.29 is 9.53 Å². The second kappa shape index (κ2) is 7.20. The lowest BCUT2D eigenvalue weighted by atomic mass is 9.95. The number of rotatable bonds is 3. The van der Waals surface area contributed by atoms with Crippen molar-refractivity contribution in [3.8, 4) is 0 Å². The van der Waals surface area contributed by atoms with Crippen LogP contribution in [0.5, 0.6) is 0 Å². The van der Waals surface area contributed by atoms with Crippen LogP contribution in [0.25, 0.3) is 10.9 Å². The molecule has 0 fully saturated rings. The monoisotopic (exact) mass is 364 g/mol. The molecule has 0 saturated heterocycles. The van der Waals surface area contributed by atoms with Crippen LogP contribution in [0.15, 0.2) is 48.5 Å². The molecule has 3 rings (SSSR count). The molecule has 0 aliphatic rings. The van der Waals surface area contributed by atoms with Crippen molar-refractivity contribution in [2.45, 2.75) is 46.1 Å². The third-order valence-corrected chi connectivity index (χ3v) is 4.82. The molecule has 1 aromatic heterocycles. The summed E-state index contributed by atoms with van der Waals surface area (Å²) in [6.45, 7) is 10.2. The van der Waals surface area contributed by atoms with Crippen molar-refractivity contribution in [1.82, 2.24) is 4.57 Å². The smallest absolute Gasteiger partial charge is 0.419 e. The molecule has 3 aromatic rings. The average molecular weight is 364 g/mol. The maximum absolute atomic E-state index is 13.1. The molecule has 1 atom stereocenters. The van der Waals surface area contributed by atoms with Crippen molar-refractivity contribution in [3.05, 3.63) is 70.9 Å². The summed E-state index contributed by atoms with van der Waals surface area (Å²) in [5.74, 6) is -0.0910. The van der Waals surface area contributed by atoms with E-state index < -0.39 is 5.60 Å². The van der Waals surface area contributed by atoms with E-state index in [9.17, 15) is 4.79 Å². The van der Waals surface area contributed by atoms with Gasteiger partial charge in [0, 0.05) is 23.5 Å². The van der Waals surface area contributed by atoms with Crippen molar-refractivity contribution in [1.29, 1.82) is 0 Å². The van der Waals surface area contributed by atoms with Crippen molar-refractivity contribution in [2.24, 2.45) is 5.73 Å². The van der Waals surface area contributed by atoms with E-state index in [0.29, 0.717) is 6.54 Å². The van der Waals surface area contributed by atoms with E-state index >= 15 is 0 Å². The molecule has 0 amide bonds. The Morgan fingerprint density at radius 1 is 1.07 bits per heavy atom. The Balaban J connectivity index is 2.24. The molecule has 2 N–H and O–H groups in total. The number of fused-ring (bicyclic) bond motifs is 1. The summed E-state index contributed by atoms with van der Waals surface area (Å²) < 4.78 is 7.41. The zero-order valence-corrected chi connectivity index (χ0v) is 16.7. The van der Waals surface area contributed by atoms with E-state index in [2.05, 4.69) is 32.0 Å². The number of nitrogens with zero attached hydrogens (tertiary/aromatic N) is 1. The van der Waals surface area contributed by atoms with Gasteiger partial charge in [0.2, 0.25) is 0 Å². The molecule has 142 valence electrons. The minimum atomic E-state index is -0.574. The van der Waals surface area contributed by atoms with Gasteiger partial charge in [0.15, 0.2) is 0 Å². The lowest BCUT2D eigenvalue weighted by molar-refractivity contribution is 0.0539. The van der Waals surface area contributed by atoms with Gasteiger partial charge in [0.1, 0.15) is 5.60 Å². The molecule has 0 aliphatic heterocycles. The first-order valence-corrected chi connectivity index (χ1v) is 9.32. The number of aryl methyl sites for hydroxylation is 2. The minimum absolute atomic E-state index is 0.0910. The molecule has 0 aliphatic carbocycles. The third-order valence-electron chi connectivity index (χ3n) is 4.82. The zero-order valence-electron chi connectivity index (χ0n) is 16.7. The number of carbonyl (C=O) groups excluding carboxylic acids is 1. The van der Waals surface area contributed by atoms with Crippen LogP contribution in [0.3, 0.4) is 0 Å². The van der Waals surface area contributed by atoms with Crippen molar-refractivity contribution >= 4 is 17.0 Å². The molecule has 0 spiro atoms. The van der Waals surface area contributed by atoms with Gasteiger partial charge in [0.25, 0.3) is 0 Å². The van der Waals surface area contributed by atoms with E-state index in [1.807, 2.05) is 51.1 Å². The number of nitrogens with two attached hydrogens (primary N) is 1. The van der Waals surface area contributed by atoms with Gasteiger partial charge in [-0.05, 0) is 69.5 Å². The number of hydrogen-bond acceptors (Lipinski definition) is 3. The molecule has 27 heavy (non-hydrogen) atoms. The Bertz CT molecular complexity index is 965. The van der Waals surface area contributed by atoms with Gasteiger partial charge >= 0.3 is 6.09 Å². The standard InChI is InChI=1S/C23H28N2O2/c1-15-11-18-13-21(19(14-24)17-9-7-6-8-10-17)25(20(18)12-16(15)2)22(26)27-23(3,4)5/h6-13,19H,14,24H2,1-5H3. The molecule has 2 aromatic carbocycles. The number of benzene rings is 2. The zero-order chi connectivity index (χ0) is 19.8. The lowest BCUT2D eigenvalue weighted by Crippen LogP contribution is -2.29. The van der Waals surface area contributed by atoms with Gasteiger partial charge in [-0.2, -0.15) is 0 Å². The fourth-order valence-corrected chi connectivity index (χ4v) is 3.38. The van der Waals surface area contributed by atoms with Gasteiger partial charge in [-0.1, -0.05) is 30.3 Å². The molecule has 1 heterocycles. The largest absolute Gasteiger partial charge is 0.443 e. The number of hydrogen-bond donors (Lipinski definition) is 1. The van der Waals surface area contributed by atoms with Crippen LogP contribution in [0.1, 0.15) is 49.1 Å². The molecule has 4 nitrogen and oxygen atoms in total. The Kier molecular flexibility index (Phi) is 5.11. The maximum atomic E-state index is 13.1. The highest BCUT2D eigenvalue weighted by Gasteiger charge is 2.26. The highest BCUT2D eigenvalue weighted by atomic mass is 16.6. The van der Waals surface area contributed by atoms with Crippen LogP contribution >= 0.6 is 0 Å². The predicted octanol–water partition coefficient (Wildman–Crippen LogP) is 5.13. The molecule has 0 radical (unpaired) electrons. The molecular weight excluding hydrogens is 336 g/mol. The molecular formula is C23H28N2O2. The van der Waals surface area contributed by atoms with Crippen LogP contribution in [0.2, 0.25) is 0 Å². The van der Waals surface area contributed by atoms with Crippen LogP contribution in [-0.2, 0) is 4.74 Å². The summed E-state index contributed by atoms with van der Waals surface area (Å²) in [4.78, 5) is 13.1. The number of aromatic nitrogens is 1. The quantitative estimate of drug-likeness (QED) is 0.701. The first-order valence-electron chi connectivity index (χ1n) is 9.32. The van der Waals surface area contributed by atoms with Gasteiger partial charge in [-0.15, -0.1) is 0 Å². The van der Waals surface area contributed by atoms with Gasteiger partial charge in [-0.25, -0.2) is 9.36 Å². The number of ether oxygens (including phenoxy) is 1. The highest BCUT2D eigenvalue weighted by Crippen LogP contribution is 2.32. The van der Waals surface area contributed by atoms with E-state index in [4.69, 9.17) is 10.5 Å². The Hall–Kier alpha value is -2.59. The van der Waals surface area contributed by atoms with Crippen LogP contribution in [-0.4, -0.2) is 22.8 Å². The average Bonchev–Trinajstić information content (AvgIpc) is 2.93. The van der Waals surface area contributed by atoms with E-state index in [1.165, 1.54) is 5.56 Å². The van der Waals surface area contributed by atoms with Crippen LogP contribution in [0.4, 0.5) is 4.79 Å². The van der Waals surface area contributed by atoms with E-state index in [0.717, 1.165) is 27.7 Å². The third kappa shape index (κ3) is 3.91. The number of carbonyl (C=O) groups is 1. The lowest BCUT2D eigenvalue weighted by Gasteiger charge is -2.23. The SMILES string of the molecule is Cc1cc2cc(C(CN)c3ccccc3)n(C(=O)OC(C)(C)C)c2cc1C.